The van der Waals surface area contributed by atoms with Crippen LogP contribution in [0.3, 0.4) is 0 Å². The Balaban J connectivity index is 1.55. The normalized spacial score (nSPS) is 15.8. The van der Waals surface area contributed by atoms with Crippen molar-refractivity contribution in [1.29, 1.82) is 0 Å². The van der Waals surface area contributed by atoms with E-state index in [4.69, 9.17) is 11.6 Å². The van der Waals surface area contributed by atoms with E-state index in [2.05, 4.69) is 0 Å². The van der Waals surface area contributed by atoms with E-state index in [0.717, 1.165) is 5.56 Å². The number of rotatable bonds is 5. The van der Waals surface area contributed by atoms with Gasteiger partial charge in [-0.2, -0.15) is 4.31 Å². The summed E-state index contributed by atoms with van der Waals surface area (Å²) in [6.45, 7) is 1.50. The fourth-order valence-corrected chi connectivity index (χ4v) is 4.62. The van der Waals surface area contributed by atoms with Crippen molar-refractivity contribution in [2.45, 2.75) is 12.2 Å². The molecule has 1 saturated heterocycles. The van der Waals surface area contributed by atoms with Crippen LogP contribution in [0, 0.1) is 0 Å². The lowest BCUT2D eigenvalue weighted by Gasteiger charge is -2.34. The van der Waals surface area contributed by atoms with Crippen LogP contribution in [-0.4, -0.2) is 49.7 Å². The number of nitrogens with zero attached hydrogens (tertiary/aromatic N) is 2. The first-order valence-corrected chi connectivity index (χ1v) is 10.5. The van der Waals surface area contributed by atoms with Crippen LogP contribution in [0.2, 0.25) is 5.02 Å². The first kappa shape index (κ1) is 18.9. The Morgan fingerprint density at radius 2 is 1.50 bits per heavy atom. The van der Waals surface area contributed by atoms with E-state index in [1.165, 1.54) is 4.31 Å². The van der Waals surface area contributed by atoms with Crippen molar-refractivity contribution in [3.05, 3.63) is 70.7 Å². The molecule has 0 unspecified atom stereocenters. The molecule has 2 aromatic rings. The Morgan fingerprint density at radius 3 is 2.12 bits per heavy atom. The predicted octanol–water partition coefficient (Wildman–Crippen LogP) is 2.56. The Morgan fingerprint density at radius 1 is 0.885 bits per heavy atom. The van der Waals surface area contributed by atoms with Gasteiger partial charge >= 0.3 is 0 Å². The van der Waals surface area contributed by atoms with Gasteiger partial charge in [0, 0.05) is 31.2 Å². The third-order valence-corrected chi connectivity index (χ3v) is 6.55. The van der Waals surface area contributed by atoms with Gasteiger partial charge in [0.25, 0.3) is 0 Å². The highest BCUT2D eigenvalue weighted by atomic mass is 35.5. The van der Waals surface area contributed by atoms with Gasteiger partial charge in [-0.1, -0.05) is 54.1 Å². The Kier molecular flexibility index (Phi) is 5.96. The number of piperazine rings is 1. The first-order valence-electron chi connectivity index (χ1n) is 8.48. The summed E-state index contributed by atoms with van der Waals surface area (Å²) in [4.78, 5) is 14.1. The number of benzene rings is 2. The van der Waals surface area contributed by atoms with Crippen molar-refractivity contribution < 1.29 is 13.2 Å². The van der Waals surface area contributed by atoms with Crippen LogP contribution in [-0.2, 0) is 27.0 Å². The highest BCUT2D eigenvalue weighted by Crippen LogP contribution is 2.16. The second-order valence-corrected chi connectivity index (χ2v) is 8.73. The maximum Gasteiger partial charge on any atom is 0.227 e. The molecule has 0 spiro atoms. The number of carbonyl (C=O) groups is 1. The minimum atomic E-state index is -3.40. The van der Waals surface area contributed by atoms with E-state index in [1.54, 1.807) is 29.2 Å². The van der Waals surface area contributed by atoms with Gasteiger partial charge < -0.3 is 4.90 Å². The summed E-state index contributed by atoms with van der Waals surface area (Å²) < 4.78 is 26.7. The van der Waals surface area contributed by atoms with Crippen molar-refractivity contribution in [1.82, 2.24) is 9.21 Å². The van der Waals surface area contributed by atoms with Gasteiger partial charge in [0.2, 0.25) is 15.9 Å². The molecule has 7 heteroatoms. The zero-order valence-corrected chi connectivity index (χ0v) is 15.9. The molecule has 0 bridgehead atoms. The molecule has 0 aromatic heterocycles. The molecule has 0 N–H and O–H groups in total. The van der Waals surface area contributed by atoms with Crippen LogP contribution < -0.4 is 0 Å². The van der Waals surface area contributed by atoms with E-state index in [0.29, 0.717) is 43.2 Å². The summed E-state index contributed by atoms with van der Waals surface area (Å²) in [6.07, 6.45) is 0.346. The lowest BCUT2D eigenvalue weighted by atomic mass is 10.1. The standard InChI is InChI=1S/C19H21ClN2O3S/c20-18-8-6-17(7-9-18)15-26(24,25)22-12-10-21(11-13-22)19(23)14-16-4-2-1-3-5-16/h1-9H,10-15H2. The number of halogens is 1. The summed E-state index contributed by atoms with van der Waals surface area (Å²) in [6, 6.07) is 16.4. The molecule has 1 amide bonds. The van der Waals surface area contributed by atoms with Gasteiger partial charge in [0.05, 0.1) is 12.2 Å². The van der Waals surface area contributed by atoms with Crippen LogP contribution in [0.4, 0.5) is 0 Å². The summed E-state index contributed by atoms with van der Waals surface area (Å²) in [5.41, 5.74) is 1.67. The second-order valence-electron chi connectivity index (χ2n) is 6.32. The number of hydrogen-bond acceptors (Lipinski definition) is 3. The lowest BCUT2D eigenvalue weighted by Crippen LogP contribution is -2.51. The Bertz CT molecular complexity index is 846. The molecule has 0 saturated carbocycles. The minimum absolute atomic E-state index is 0.0333. The molecule has 1 fully saturated rings. The van der Waals surface area contributed by atoms with Gasteiger partial charge in [-0.05, 0) is 23.3 Å². The van der Waals surface area contributed by atoms with E-state index in [-0.39, 0.29) is 11.7 Å². The van der Waals surface area contributed by atoms with Crippen LogP contribution in [0.25, 0.3) is 0 Å². The molecule has 26 heavy (non-hydrogen) atoms. The molecular weight excluding hydrogens is 372 g/mol. The summed E-state index contributed by atoms with van der Waals surface area (Å²) in [5.74, 6) is -0.0202. The largest absolute Gasteiger partial charge is 0.340 e. The summed E-state index contributed by atoms with van der Waals surface area (Å²) >= 11 is 5.84. The average molecular weight is 393 g/mol. The van der Waals surface area contributed by atoms with Crippen molar-refractivity contribution in [3.63, 3.8) is 0 Å². The predicted molar refractivity (Wildman–Crippen MR) is 102 cm³/mol. The maximum absolute atomic E-state index is 12.6. The van der Waals surface area contributed by atoms with Crippen molar-refractivity contribution in [2.75, 3.05) is 26.2 Å². The van der Waals surface area contributed by atoms with Gasteiger partial charge in [-0.15, -0.1) is 0 Å². The number of hydrogen-bond donors (Lipinski definition) is 0. The molecule has 0 radical (unpaired) electrons. The average Bonchev–Trinajstić information content (AvgIpc) is 2.64. The SMILES string of the molecule is O=C(Cc1ccccc1)N1CCN(S(=O)(=O)Cc2ccc(Cl)cc2)CC1. The molecular formula is C19H21ClN2O3S. The quantitative estimate of drug-likeness (QED) is 0.785. The molecule has 138 valence electrons. The number of sulfonamides is 1. The van der Waals surface area contributed by atoms with Crippen molar-refractivity contribution in [2.24, 2.45) is 0 Å². The maximum atomic E-state index is 12.6. The minimum Gasteiger partial charge on any atom is -0.340 e. The van der Waals surface area contributed by atoms with E-state index in [1.807, 2.05) is 30.3 Å². The number of carbonyl (C=O) groups excluding carboxylic acids is 1. The first-order chi connectivity index (χ1) is 12.4. The van der Waals surface area contributed by atoms with Crippen LogP contribution in [0.15, 0.2) is 54.6 Å². The highest BCUT2D eigenvalue weighted by Gasteiger charge is 2.28. The fourth-order valence-electron chi connectivity index (χ4n) is 2.98. The Hall–Kier alpha value is -1.89. The van der Waals surface area contributed by atoms with E-state index < -0.39 is 10.0 Å². The van der Waals surface area contributed by atoms with Gasteiger partial charge in [-0.25, -0.2) is 8.42 Å². The molecule has 2 aromatic carbocycles. The molecule has 3 rings (SSSR count). The smallest absolute Gasteiger partial charge is 0.227 e. The lowest BCUT2D eigenvalue weighted by molar-refractivity contribution is -0.131. The monoisotopic (exact) mass is 392 g/mol. The molecule has 0 aliphatic carbocycles. The Labute approximate surface area is 159 Å². The van der Waals surface area contributed by atoms with Gasteiger partial charge in [-0.3, -0.25) is 4.79 Å². The highest BCUT2D eigenvalue weighted by molar-refractivity contribution is 7.88. The van der Waals surface area contributed by atoms with Crippen molar-refractivity contribution >= 4 is 27.5 Å². The third kappa shape index (κ3) is 4.84. The van der Waals surface area contributed by atoms with Crippen LogP contribution >= 0.6 is 11.6 Å². The molecule has 1 aliphatic rings. The summed E-state index contributed by atoms with van der Waals surface area (Å²) in [7, 11) is -3.40. The van der Waals surface area contributed by atoms with Gasteiger partial charge in [0.15, 0.2) is 0 Å². The third-order valence-electron chi connectivity index (χ3n) is 4.45. The second kappa shape index (κ2) is 8.20. The van der Waals surface area contributed by atoms with Crippen LogP contribution in [0.5, 0.6) is 0 Å². The summed E-state index contributed by atoms with van der Waals surface area (Å²) in [5, 5.41) is 0.580. The zero-order valence-electron chi connectivity index (χ0n) is 14.3. The fraction of sp³-hybridized carbons (Fsp3) is 0.316. The van der Waals surface area contributed by atoms with E-state index in [9.17, 15) is 13.2 Å². The van der Waals surface area contributed by atoms with Crippen LogP contribution in [0.1, 0.15) is 11.1 Å². The molecule has 5 nitrogen and oxygen atoms in total. The van der Waals surface area contributed by atoms with Gasteiger partial charge in [0.1, 0.15) is 0 Å². The topological polar surface area (TPSA) is 57.7 Å². The van der Waals surface area contributed by atoms with E-state index >= 15 is 0 Å². The van der Waals surface area contributed by atoms with Crippen molar-refractivity contribution in [3.8, 4) is 0 Å². The zero-order chi connectivity index (χ0) is 18.6. The molecule has 0 atom stereocenters. The molecule has 1 aliphatic heterocycles. The molecule has 1 heterocycles. The number of amides is 1.